The Kier molecular flexibility index (Phi) is 10.1. The zero-order chi connectivity index (χ0) is 32.2. The van der Waals surface area contributed by atoms with Crippen molar-refractivity contribution < 1.29 is 40.2 Å². The van der Waals surface area contributed by atoms with Crippen molar-refractivity contribution in [2.24, 2.45) is 11.8 Å². The van der Waals surface area contributed by atoms with Crippen LogP contribution in [0.1, 0.15) is 87.2 Å². The highest BCUT2D eigenvalue weighted by atomic mass is 19.4. The molecule has 9 heteroatoms. The molecule has 0 radical (unpaired) electrons. The third kappa shape index (κ3) is 8.41. The molecule has 2 saturated carbocycles. The lowest BCUT2D eigenvalue weighted by atomic mass is 9.77. The Morgan fingerprint density at radius 3 is 1.93 bits per heavy atom. The van der Waals surface area contributed by atoms with Gasteiger partial charge in [0.25, 0.3) is 0 Å². The van der Waals surface area contributed by atoms with E-state index in [-0.39, 0.29) is 24.6 Å². The molecule has 0 amide bonds. The standard InChI is InChI=1S/C36H37F7O2/c1-2-3-4-23-5-7-24(8-6-23)25-9-11-26(12-10-25)28-15-19-31(32(37)21-28)27-13-16-29(17-14-27)35(39,40)44-30-18-20-34(33(38)22-30)45-36(41,42)43/h2,9-12,15,18-24,27,29H,1,3-8,13-14,16-17H2. The molecule has 0 N–H and O–H groups in total. The van der Waals surface area contributed by atoms with Crippen molar-refractivity contribution in [3.63, 3.8) is 0 Å². The van der Waals surface area contributed by atoms with Gasteiger partial charge in [-0.1, -0.05) is 42.5 Å². The van der Waals surface area contributed by atoms with Crippen molar-refractivity contribution >= 4 is 0 Å². The Hall–Kier alpha value is -3.49. The number of ether oxygens (including phenoxy) is 2. The molecule has 0 unspecified atom stereocenters. The molecule has 5 rings (SSSR count). The minimum Gasteiger partial charge on any atom is -0.432 e. The highest BCUT2D eigenvalue weighted by molar-refractivity contribution is 5.64. The molecule has 3 aromatic carbocycles. The molecule has 0 atom stereocenters. The zero-order valence-corrected chi connectivity index (χ0v) is 24.9. The monoisotopic (exact) mass is 634 g/mol. The Morgan fingerprint density at radius 2 is 1.33 bits per heavy atom. The van der Waals surface area contributed by atoms with Crippen LogP contribution in [0.2, 0.25) is 0 Å². The van der Waals surface area contributed by atoms with Crippen molar-refractivity contribution in [1.82, 2.24) is 0 Å². The lowest BCUT2D eigenvalue weighted by molar-refractivity contribution is -0.275. The minimum atomic E-state index is -5.12. The minimum absolute atomic E-state index is 0.0360. The van der Waals surface area contributed by atoms with Crippen LogP contribution in [0.3, 0.4) is 0 Å². The smallest absolute Gasteiger partial charge is 0.432 e. The molecule has 0 heterocycles. The van der Waals surface area contributed by atoms with Crippen molar-refractivity contribution in [2.45, 2.75) is 88.5 Å². The van der Waals surface area contributed by atoms with Gasteiger partial charge < -0.3 is 9.47 Å². The summed E-state index contributed by atoms with van der Waals surface area (Å²) in [4.78, 5) is 0. The van der Waals surface area contributed by atoms with E-state index in [0.29, 0.717) is 36.5 Å². The van der Waals surface area contributed by atoms with Crippen LogP contribution < -0.4 is 9.47 Å². The Balaban J connectivity index is 1.15. The maximum absolute atomic E-state index is 15.3. The van der Waals surface area contributed by atoms with Crippen LogP contribution in [0.4, 0.5) is 30.7 Å². The number of allylic oxidation sites excluding steroid dienone is 1. The van der Waals surface area contributed by atoms with Crippen LogP contribution in [0.5, 0.6) is 11.5 Å². The van der Waals surface area contributed by atoms with Gasteiger partial charge in [0.05, 0.1) is 5.92 Å². The largest absolute Gasteiger partial charge is 0.573 e. The van der Waals surface area contributed by atoms with Crippen molar-refractivity contribution in [3.05, 3.63) is 96.1 Å². The van der Waals surface area contributed by atoms with E-state index in [9.17, 15) is 26.3 Å². The van der Waals surface area contributed by atoms with Gasteiger partial charge in [-0.15, -0.1) is 19.8 Å². The molecular weight excluding hydrogens is 597 g/mol. The number of halogens is 7. The van der Waals surface area contributed by atoms with E-state index in [2.05, 4.69) is 23.4 Å². The summed E-state index contributed by atoms with van der Waals surface area (Å²) in [6.45, 7) is 3.82. The summed E-state index contributed by atoms with van der Waals surface area (Å²) in [5.74, 6) is -3.74. The molecule has 0 aliphatic heterocycles. The van der Waals surface area contributed by atoms with Gasteiger partial charge in [-0.3, -0.25) is 0 Å². The molecule has 242 valence electrons. The van der Waals surface area contributed by atoms with E-state index >= 15 is 4.39 Å². The second-order valence-corrected chi connectivity index (χ2v) is 12.3. The first-order chi connectivity index (χ1) is 21.4. The first kappa shape index (κ1) is 32.9. The molecule has 3 aromatic rings. The molecule has 0 aromatic heterocycles. The second-order valence-electron chi connectivity index (χ2n) is 12.3. The van der Waals surface area contributed by atoms with Crippen LogP contribution in [0.15, 0.2) is 73.3 Å². The summed E-state index contributed by atoms with van der Waals surface area (Å²) < 4.78 is 104. The van der Waals surface area contributed by atoms with E-state index in [0.717, 1.165) is 29.5 Å². The fraction of sp³-hybridized carbons (Fsp3) is 0.444. The van der Waals surface area contributed by atoms with E-state index in [1.807, 2.05) is 24.3 Å². The lowest BCUT2D eigenvalue weighted by Crippen LogP contribution is -2.37. The molecule has 2 aliphatic rings. The first-order valence-electron chi connectivity index (χ1n) is 15.5. The Morgan fingerprint density at radius 1 is 0.689 bits per heavy atom. The summed E-state index contributed by atoms with van der Waals surface area (Å²) in [7, 11) is 0. The number of hydrogen-bond donors (Lipinski definition) is 0. The Bertz CT molecular complexity index is 1430. The van der Waals surface area contributed by atoms with Crippen LogP contribution in [0.25, 0.3) is 11.1 Å². The maximum atomic E-state index is 15.3. The summed E-state index contributed by atoms with van der Waals surface area (Å²) in [5, 5.41) is 0. The third-order valence-corrected chi connectivity index (χ3v) is 9.37. The van der Waals surface area contributed by atoms with E-state index in [1.54, 1.807) is 6.07 Å². The number of rotatable bonds is 10. The molecule has 2 fully saturated rings. The number of benzene rings is 3. The first-order valence-corrected chi connectivity index (χ1v) is 15.5. The predicted octanol–water partition coefficient (Wildman–Crippen LogP) is 11.7. The average Bonchev–Trinajstić information content (AvgIpc) is 3.01. The SMILES string of the molecule is C=CCCC1CCC(c2ccc(-c3ccc(C4CCC(C(F)(F)Oc5ccc(OC(F)(F)F)c(F)c5)CC4)c(F)c3)cc2)CC1. The summed E-state index contributed by atoms with van der Waals surface area (Å²) in [6, 6.07) is 15.2. The summed E-state index contributed by atoms with van der Waals surface area (Å²) in [5.41, 5.74) is 3.46. The molecule has 45 heavy (non-hydrogen) atoms. The zero-order valence-electron chi connectivity index (χ0n) is 24.9. The van der Waals surface area contributed by atoms with Crippen LogP contribution in [-0.2, 0) is 0 Å². The summed E-state index contributed by atoms with van der Waals surface area (Å²) in [6.07, 6.45) is 0.962. The van der Waals surface area contributed by atoms with Gasteiger partial charge in [0, 0.05) is 6.07 Å². The van der Waals surface area contributed by atoms with Crippen LogP contribution in [0, 0.1) is 23.5 Å². The second kappa shape index (κ2) is 13.9. The predicted molar refractivity (Wildman–Crippen MR) is 159 cm³/mol. The highest BCUT2D eigenvalue weighted by Crippen LogP contribution is 2.45. The van der Waals surface area contributed by atoms with Gasteiger partial charge in [0.15, 0.2) is 11.6 Å². The van der Waals surface area contributed by atoms with Crippen molar-refractivity contribution in [3.8, 4) is 22.6 Å². The fourth-order valence-corrected chi connectivity index (χ4v) is 6.86. The van der Waals surface area contributed by atoms with Gasteiger partial charge in [-0.2, -0.15) is 8.78 Å². The molecule has 0 bridgehead atoms. The molecule has 0 saturated heterocycles. The molecule has 2 nitrogen and oxygen atoms in total. The average molecular weight is 635 g/mol. The molecule has 2 aliphatic carbocycles. The van der Waals surface area contributed by atoms with Gasteiger partial charge in [-0.25, -0.2) is 8.78 Å². The number of hydrogen-bond acceptors (Lipinski definition) is 2. The third-order valence-electron chi connectivity index (χ3n) is 9.37. The molecule has 0 spiro atoms. The highest BCUT2D eigenvalue weighted by Gasteiger charge is 2.44. The van der Waals surface area contributed by atoms with Crippen molar-refractivity contribution in [1.29, 1.82) is 0 Å². The Labute approximate surface area is 259 Å². The lowest BCUT2D eigenvalue weighted by Gasteiger charge is -2.33. The van der Waals surface area contributed by atoms with Gasteiger partial charge in [0.1, 0.15) is 11.6 Å². The topological polar surface area (TPSA) is 18.5 Å². The maximum Gasteiger partial charge on any atom is 0.573 e. The van der Waals surface area contributed by atoms with Gasteiger partial charge >= 0.3 is 12.5 Å². The van der Waals surface area contributed by atoms with E-state index in [4.69, 9.17) is 4.74 Å². The van der Waals surface area contributed by atoms with E-state index in [1.165, 1.54) is 43.7 Å². The fourth-order valence-electron chi connectivity index (χ4n) is 6.86. The van der Waals surface area contributed by atoms with Crippen molar-refractivity contribution in [2.75, 3.05) is 0 Å². The van der Waals surface area contributed by atoms with Gasteiger partial charge in [0.2, 0.25) is 0 Å². The van der Waals surface area contributed by atoms with E-state index < -0.39 is 35.7 Å². The quantitative estimate of drug-likeness (QED) is 0.163. The van der Waals surface area contributed by atoms with Gasteiger partial charge in [-0.05, 0) is 122 Å². The normalized spacial score (nSPS) is 22.6. The van der Waals surface area contributed by atoms with Crippen LogP contribution in [-0.4, -0.2) is 12.5 Å². The summed E-state index contributed by atoms with van der Waals surface area (Å²) >= 11 is 0. The van der Waals surface area contributed by atoms with Crippen LogP contribution >= 0.6 is 0 Å². The molecular formula is C36H37F7O2. The number of alkyl halides is 5.